The van der Waals surface area contributed by atoms with Crippen LogP contribution in [0.4, 0.5) is 0 Å². The van der Waals surface area contributed by atoms with Crippen molar-refractivity contribution < 1.29 is 28.6 Å². The third kappa shape index (κ3) is 5.71. The fourth-order valence-electron chi connectivity index (χ4n) is 4.27. The van der Waals surface area contributed by atoms with E-state index >= 15 is 0 Å². The second kappa shape index (κ2) is 10.1. The smallest absolute Gasteiger partial charge is 0.334 e. The predicted octanol–water partition coefficient (Wildman–Crippen LogP) is 4.13. The van der Waals surface area contributed by atoms with E-state index < -0.39 is 12.1 Å². The van der Waals surface area contributed by atoms with Crippen molar-refractivity contribution in [3.63, 3.8) is 0 Å². The Kier molecular flexibility index (Phi) is 8.05. The molecule has 0 aromatic rings. The molecule has 29 heavy (non-hydrogen) atoms. The van der Waals surface area contributed by atoms with Crippen LogP contribution in [0.25, 0.3) is 0 Å². The van der Waals surface area contributed by atoms with E-state index in [1.165, 1.54) is 6.92 Å². The molecule has 0 bridgehead atoms. The maximum atomic E-state index is 12.6. The molecule has 0 amide bonds. The SMILES string of the molecule is C=C1C(=O)O[C@@H]2CC(C)=C([C@H](C)CCCOC(C)=O)[C@H](OC(=O)C[C@H](C)CC)[C@H]12. The van der Waals surface area contributed by atoms with Gasteiger partial charge in [-0.15, -0.1) is 0 Å². The Bertz CT molecular complexity index is 691. The minimum Gasteiger partial charge on any atom is -0.466 e. The first-order valence-electron chi connectivity index (χ1n) is 10.6. The quantitative estimate of drug-likeness (QED) is 0.188. The largest absolute Gasteiger partial charge is 0.466 e. The summed E-state index contributed by atoms with van der Waals surface area (Å²) < 4.78 is 16.5. The van der Waals surface area contributed by atoms with Gasteiger partial charge in [0.1, 0.15) is 12.2 Å². The molecular formula is C23H34O6. The second-order valence-electron chi connectivity index (χ2n) is 8.45. The van der Waals surface area contributed by atoms with Gasteiger partial charge in [-0.05, 0) is 37.2 Å². The normalized spacial score (nSPS) is 25.9. The lowest BCUT2D eigenvalue weighted by Gasteiger charge is -2.37. The fourth-order valence-corrected chi connectivity index (χ4v) is 4.27. The number of esters is 3. The zero-order valence-electron chi connectivity index (χ0n) is 18.3. The van der Waals surface area contributed by atoms with Crippen LogP contribution in [0.15, 0.2) is 23.3 Å². The molecule has 2 aliphatic rings. The Hall–Kier alpha value is -2.11. The van der Waals surface area contributed by atoms with E-state index in [2.05, 4.69) is 13.5 Å². The van der Waals surface area contributed by atoms with Crippen LogP contribution in [0.2, 0.25) is 0 Å². The van der Waals surface area contributed by atoms with Gasteiger partial charge in [0.15, 0.2) is 0 Å². The molecule has 6 nitrogen and oxygen atoms in total. The molecule has 1 fully saturated rings. The first-order chi connectivity index (χ1) is 13.6. The molecule has 5 atom stereocenters. The van der Waals surface area contributed by atoms with Gasteiger partial charge in [-0.25, -0.2) is 4.79 Å². The average molecular weight is 407 g/mol. The van der Waals surface area contributed by atoms with E-state index in [1.54, 1.807) is 0 Å². The number of rotatable bonds is 9. The van der Waals surface area contributed by atoms with Crippen LogP contribution in [0.3, 0.4) is 0 Å². The summed E-state index contributed by atoms with van der Waals surface area (Å²) in [5, 5.41) is 0. The van der Waals surface area contributed by atoms with Crippen LogP contribution in [-0.2, 0) is 28.6 Å². The van der Waals surface area contributed by atoms with Gasteiger partial charge in [-0.1, -0.05) is 39.3 Å². The molecule has 0 unspecified atom stereocenters. The van der Waals surface area contributed by atoms with Crippen molar-refractivity contribution in [2.24, 2.45) is 17.8 Å². The minimum absolute atomic E-state index is 0.122. The Balaban J connectivity index is 2.21. The van der Waals surface area contributed by atoms with Gasteiger partial charge < -0.3 is 14.2 Å². The van der Waals surface area contributed by atoms with Gasteiger partial charge in [0, 0.05) is 25.3 Å². The molecule has 0 aromatic heterocycles. The summed E-state index contributed by atoms with van der Waals surface area (Å²) in [6, 6.07) is 0. The van der Waals surface area contributed by atoms with E-state index in [4.69, 9.17) is 14.2 Å². The molecule has 0 N–H and O–H groups in total. The lowest BCUT2D eigenvalue weighted by Crippen LogP contribution is -2.41. The first-order valence-corrected chi connectivity index (χ1v) is 10.6. The molecular weight excluding hydrogens is 372 g/mol. The van der Waals surface area contributed by atoms with E-state index in [9.17, 15) is 14.4 Å². The standard InChI is InChI=1S/C23H34O6/c1-7-13(2)11-19(25)29-22-20(14(3)9-8-10-27-17(6)24)15(4)12-18-21(22)16(5)23(26)28-18/h13-14,18,21-22H,5,7-12H2,1-4,6H3/t13-,14-,18-,21-,22+/m1/s1. The molecule has 0 radical (unpaired) electrons. The third-order valence-corrected chi connectivity index (χ3v) is 6.04. The van der Waals surface area contributed by atoms with Crippen molar-refractivity contribution in [2.75, 3.05) is 6.61 Å². The van der Waals surface area contributed by atoms with E-state index in [0.29, 0.717) is 25.0 Å². The highest BCUT2D eigenvalue weighted by Gasteiger charge is 2.50. The van der Waals surface area contributed by atoms with Crippen LogP contribution in [0, 0.1) is 17.8 Å². The monoisotopic (exact) mass is 406 g/mol. The van der Waals surface area contributed by atoms with Gasteiger partial charge >= 0.3 is 17.9 Å². The molecule has 6 heteroatoms. The predicted molar refractivity (Wildman–Crippen MR) is 109 cm³/mol. The van der Waals surface area contributed by atoms with Crippen molar-refractivity contribution >= 4 is 17.9 Å². The Morgan fingerprint density at radius 3 is 2.62 bits per heavy atom. The molecule has 1 saturated heterocycles. The molecule has 2 rings (SSSR count). The molecule has 1 aliphatic heterocycles. The Labute approximate surface area is 173 Å². The summed E-state index contributed by atoms with van der Waals surface area (Å²) in [5.41, 5.74) is 2.52. The third-order valence-electron chi connectivity index (χ3n) is 6.04. The lowest BCUT2D eigenvalue weighted by molar-refractivity contribution is -0.152. The highest BCUT2D eigenvalue weighted by molar-refractivity contribution is 5.91. The summed E-state index contributed by atoms with van der Waals surface area (Å²) in [4.78, 5) is 35.7. The fraction of sp³-hybridized carbons (Fsp3) is 0.696. The molecule has 1 aliphatic carbocycles. The van der Waals surface area contributed by atoms with Crippen molar-refractivity contribution in [1.82, 2.24) is 0 Å². The topological polar surface area (TPSA) is 78.9 Å². The number of hydrogen-bond donors (Lipinski definition) is 0. The van der Waals surface area contributed by atoms with Crippen LogP contribution >= 0.6 is 0 Å². The van der Waals surface area contributed by atoms with Gasteiger partial charge in [-0.3, -0.25) is 9.59 Å². The molecule has 0 saturated carbocycles. The van der Waals surface area contributed by atoms with E-state index in [1.807, 2.05) is 20.8 Å². The summed E-state index contributed by atoms with van der Waals surface area (Å²) >= 11 is 0. The van der Waals surface area contributed by atoms with E-state index in [0.717, 1.165) is 30.4 Å². The number of hydrogen-bond acceptors (Lipinski definition) is 6. The van der Waals surface area contributed by atoms with Gasteiger partial charge in [0.2, 0.25) is 0 Å². The number of ether oxygens (including phenoxy) is 3. The molecule has 162 valence electrons. The number of fused-ring (bicyclic) bond motifs is 1. The summed E-state index contributed by atoms with van der Waals surface area (Å²) in [7, 11) is 0. The molecule has 0 aromatic carbocycles. The van der Waals surface area contributed by atoms with Crippen molar-refractivity contribution in [3.8, 4) is 0 Å². The van der Waals surface area contributed by atoms with E-state index in [-0.39, 0.29) is 35.8 Å². The highest BCUT2D eigenvalue weighted by atomic mass is 16.6. The second-order valence-corrected chi connectivity index (χ2v) is 8.45. The maximum Gasteiger partial charge on any atom is 0.334 e. The minimum atomic E-state index is -0.534. The Morgan fingerprint density at radius 1 is 1.31 bits per heavy atom. The molecule has 1 heterocycles. The number of carbonyl (C=O) groups is 3. The summed E-state index contributed by atoms with van der Waals surface area (Å²) in [6.07, 6.45) is 2.51. The Morgan fingerprint density at radius 2 is 2.00 bits per heavy atom. The van der Waals surface area contributed by atoms with Crippen LogP contribution < -0.4 is 0 Å². The first kappa shape index (κ1) is 23.2. The van der Waals surface area contributed by atoms with Gasteiger partial charge in [0.05, 0.1) is 12.5 Å². The lowest BCUT2D eigenvalue weighted by atomic mass is 9.73. The van der Waals surface area contributed by atoms with Gasteiger partial charge in [-0.2, -0.15) is 0 Å². The van der Waals surface area contributed by atoms with Crippen LogP contribution in [0.5, 0.6) is 0 Å². The summed E-state index contributed by atoms with van der Waals surface area (Å²) in [6.45, 7) is 13.8. The zero-order valence-corrected chi connectivity index (χ0v) is 18.3. The molecule has 0 spiro atoms. The van der Waals surface area contributed by atoms with Crippen molar-refractivity contribution in [1.29, 1.82) is 0 Å². The van der Waals surface area contributed by atoms with Crippen LogP contribution in [0.1, 0.15) is 66.7 Å². The average Bonchev–Trinajstić information content (AvgIpc) is 2.91. The zero-order chi connectivity index (χ0) is 21.7. The maximum absolute atomic E-state index is 12.6. The highest BCUT2D eigenvalue weighted by Crippen LogP contribution is 2.45. The van der Waals surface area contributed by atoms with Crippen LogP contribution in [-0.4, -0.2) is 36.7 Å². The van der Waals surface area contributed by atoms with Crippen molar-refractivity contribution in [3.05, 3.63) is 23.3 Å². The number of carbonyl (C=O) groups excluding carboxylic acids is 3. The van der Waals surface area contributed by atoms with Gasteiger partial charge in [0.25, 0.3) is 0 Å². The summed E-state index contributed by atoms with van der Waals surface area (Å²) in [5.74, 6) is -0.923. The van der Waals surface area contributed by atoms with Crippen molar-refractivity contribution in [2.45, 2.75) is 78.9 Å².